The van der Waals surface area contributed by atoms with Gasteiger partial charge in [0.2, 0.25) is 0 Å². The molecule has 1 saturated carbocycles. The first kappa shape index (κ1) is 19.1. The molecule has 2 fully saturated rings. The Balaban J connectivity index is 1.39. The van der Waals surface area contributed by atoms with Crippen molar-refractivity contribution in [2.45, 2.75) is 30.3 Å². The van der Waals surface area contributed by atoms with Gasteiger partial charge in [0.25, 0.3) is 0 Å². The molecule has 0 radical (unpaired) electrons. The molecule has 0 unspecified atom stereocenters. The number of para-hydroxylation sites is 1. The number of rotatable bonds is 5. The third-order valence-electron chi connectivity index (χ3n) is 5.70. The Morgan fingerprint density at radius 2 is 2.07 bits per heavy atom. The van der Waals surface area contributed by atoms with E-state index in [2.05, 4.69) is 4.98 Å². The summed E-state index contributed by atoms with van der Waals surface area (Å²) in [5.41, 5.74) is -0.957. The molecule has 28 heavy (non-hydrogen) atoms. The van der Waals surface area contributed by atoms with E-state index >= 15 is 0 Å². The highest BCUT2D eigenvalue weighted by Crippen LogP contribution is 2.43. The summed E-state index contributed by atoms with van der Waals surface area (Å²) < 4.78 is 19.5. The van der Waals surface area contributed by atoms with Crippen LogP contribution in [0.5, 0.6) is 11.5 Å². The van der Waals surface area contributed by atoms with E-state index in [0.717, 1.165) is 0 Å². The van der Waals surface area contributed by atoms with Gasteiger partial charge >= 0.3 is 0 Å². The second kappa shape index (κ2) is 7.29. The second-order valence-electron chi connectivity index (χ2n) is 7.61. The molecule has 150 valence electrons. The summed E-state index contributed by atoms with van der Waals surface area (Å²) in [6.07, 6.45) is -1.09. The number of aliphatic hydroxyl groups is 3. The third-order valence-corrected chi connectivity index (χ3v) is 5.70. The molecule has 1 aromatic heterocycles. The highest BCUT2D eigenvalue weighted by atomic mass is 19.1. The minimum Gasteiger partial charge on any atom is -0.506 e. The summed E-state index contributed by atoms with van der Waals surface area (Å²) in [5.74, 6) is -0.685. The van der Waals surface area contributed by atoms with Gasteiger partial charge in [-0.15, -0.1) is 0 Å². The average molecular weight is 390 g/mol. The van der Waals surface area contributed by atoms with Crippen molar-refractivity contribution in [1.82, 2.24) is 9.88 Å². The largest absolute Gasteiger partial charge is 0.506 e. The number of pyridine rings is 1. The quantitative estimate of drug-likeness (QED) is 0.599. The molecular formula is C20H23FN2O5. The second-order valence-corrected chi connectivity index (χ2v) is 7.61. The van der Waals surface area contributed by atoms with Crippen molar-refractivity contribution in [2.75, 3.05) is 19.6 Å². The van der Waals surface area contributed by atoms with Crippen molar-refractivity contribution in [3.8, 4) is 11.5 Å². The summed E-state index contributed by atoms with van der Waals surface area (Å²) in [4.78, 5) is 5.87. The number of ether oxygens (including phenoxy) is 1. The molecule has 7 nitrogen and oxygen atoms in total. The molecule has 0 bridgehead atoms. The lowest BCUT2D eigenvalue weighted by Gasteiger charge is -2.29. The highest BCUT2D eigenvalue weighted by Gasteiger charge is 2.59. The van der Waals surface area contributed by atoms with Crippen molar-refractivity contribution in [1.29, 1.82) is 0 Å². The maximum atomic E-state index is 13.8. The number of aromatic nitrogens is 1. The number of hydrogen-bond donors (Lipinski definition) is 4. The van der Waals surface area contributed by atoms with Crippen LogP contribution in [0.15, 0.2) is 42.6 Å². The van der Waals surface area contributed by atoms with Crippen LogP contribution in [0.3, 0.4) is 0 Å². The Kier molecular flexibility index (Phi) is 4.96. The topological polar surface area (TPSA) is 106 Å². The lowest BCUT2D eigenvalue weighted by Crippen LogP contribution is -2.49. The van der Waals surface area contributed by atoms with Crippen LogP contribution in [0.25, 0.3) is 0 Å². The van der Waals surface area contributed by atoms with Crippen LogP contribution in [0, 0.1) is 11.7 Å². The van der Waals surface area contributed by atoms with E-state index in [0.29, 0.717) is 18.7 Å². The van der Waals surface area contributed by atoms with Crippen LogP contribution >= 0.6 is 0 Å². The maximum Gasteiger partial charge on any atom is 0.165 e. The normalized spacial score (nSPS) is 30.9. The van der Waals surface area contributed by atoms with Crippen molar-refractivity contribution in [2.24, 2.45) is 5.92 Å². The van der Waals surface area contributed by atoms with Crippen LogP contribution in [0.4, 0.5) is 4.39 Å². The predicted molar refractivity (Wildman–Crippen MR) is 97.2 cm³/mol. The number of likely N-dealkylation sites (tertiary alicyclic amines) is 1. The monoisotopic (exact) mass is 390 g/mol. The van der Waals surface area contributed by atoms with Crippen LogP contribution < -0.4 is 4.74 Å². The molecule has 1 aliphatic carbocycles. The molecule has 0 spiro atoms. The van der Waals surface area contributed by atoms with Gasteiger partial charge in [-0.2, -0.15) is 0 Å². The first-order valence-corrected chi connectivity index (χ1v) is 9.24. The van der Waals surface area contributed by atoms with Gasteiger partial charge in [0.15, 0.2) is 11.6 Å². The molecule has 5 atom stereocenters. The zero-order chi connectivity index (χ0) is 19.9. The van der Waals surface area contributed by atoms with Gasteiger partial charge in [0.05, 0.1) is 11.9 Å². The smallest absolute Gasteiger partial charge is 0.165 e. The fourth-order valence-electron chi connectivity index (χ4n) is 4.25. The number of hydrogen-bond acceptors (Lipinski definition) is 7. The molecule has 4 rings (SSSR count). The van der Waals surface area contributed by atoms with Crippen molar-refractivity contribution in [3.05, 3.63) is 54.1 Å². The van der Waals surface area contributed by atoms with Gasteiger partial charge < -0.3 is 25.2 Å². The molecule has 2 aliphatic rings. The first-order chi connectivity index (χ1) is 13.4. The van der Waals surface area contributed by atoms with E-state index < -0.39 is 29.7 Å². The van der Waals surface area contributed by atoms with Crippen LogP contribution in [-0.4, -0.2) is 67.8 Å². The molecule has 4 N–H and O–H groups in total. The van der Waals surface area contributed by atoms with Crippen molar-refractivity contribution < 1.29 is 29.6 Å². The van der Waals surface area contributed by atoms with Gasteiger partial charge in [0, 0.05) is 25.6 Å². The number of nitrogens with zero attached hydrogens (tertiary/aromatic N) is 2. The van der Waals surface area contributed by atoms with Crippen LogP contribution in [0.1, 0.15) is 18.2 Å². The van der Waals surface area contributed by atoms with Gasteiger partial charge in [-0.25, -0.2) is 4.39 Å². The molecule has 1 aliphatic heterocycles. The Bertz CT molecular complexity index is 836. The number of β-amino-alcohol motifs (C(OH)–C–C–N with tert-alkyl or cyclic N) is 2. The van der Waals surface area contributed by atoms with Crippen LogP contribution in [0.2, 0.25) is 0 Å². The fraction of sp³-hybridized carbons (Fsp3) is 0.450. The fourth-order valence-corrected chi connectivity index (χ4v) is 4.25. The zero-order valence-corrected chi connectivity index (χ0v) is 15.1. The van der Waals surface area contributed by atoms with Crippen molar-refractivity contribution >= 4 is 0 Å². The van der Waals surface area contributed by atoms with Gasteiger partial charge in [0.1, 0.15) is 29.7 Å². The Morgan fingerprint density at radius 3 is 2.75 bits per heavy atom. The minimum atomic E-state index is -1.38. The number of aliphatic hydroxyl groups excluding tert-OH is 2. The lowest BCUT2D eigenvalue weighted by atomic mass is 9.93. The van der Waals surface area contributed by atoms with E-state index in [-0.39, 0.29) is 30.5 Å². The molecule has 2 aromatic rings. The molecule has 8 heteroatoms. The summed E-state index contributed by atoms with van der Waals surface area (Å²) in [7, 11) is 0. The molecule has 2 heterocycles. The van der Waals surface area contributed by atoms with Gasteiger partial charge in [-0.3, -0.25) is 9.88 Å². The highest BCUT2D eigenvalue weighted by molar-refractivity contribution is 5.25. The Hall–Kier alpha value is -2.26. The molecule has 1 aromatic carbocycles. The van der Waals surface area contributed by atoms with E-state index in [9.17, 15) is 24.8 Å². The number of aromatic hydroxyl groups is 1. The molecule has 0 amide bonds. The van der Waals surface area contributed by atoms with Crippen LogP contribution in [-0.2, 0) is 0 Å². The number of halogens is 1. The maximum absolute atomic E-state index is 13.8. The summed E-state index contributed by atoms with van der Waals surface area (Å²) in [6.45, 7) is 0.882. The van der Waals surface area contributed by atoms with E-state index in [1.54, 1.807) is 18.2 Å². The third kappa shape index (κ3) is 3.44. The van der Waals surface area contributed by atoms with Gasteiger partial charge in [-0.05, 0) is 30.7 Å². The van der Waals surface area contributed by atoms with Gasteiger partial charge in [-0.1, -0.05) is 12.1 Å². The predicted octanol–water partition coefficient (Wildman–Crippen LogP) is 0.835. The van der Waals surface area contributed by atoms with E-state index in [4.69, 9.17) is 4.74 Å². The molecule has 1 saturated heterocycles. The number of fused-ring (bicyclic) bond motifs is 1. The van der Waals surface area contributed by atoms with Crippen molar-refractivity contribution in [3.63, 3.8) is 0 Å². The zero-order valence-electron chi connectivity index (χ0n) is 15.1. The van der Waals surface area contributed by atoms with E-state index in [1.807, 2.05) is 4.90 Å². The first-order valence-electron chi connectivity index (χ1n) is 9.24. The average Bonchev–Trinajstić information content (AvgIpc) is 3.09. The summed E-state index contributed by atoms with van der Waals surface area (Å²) in [5, 5.41) is 41.3. The lowest BCUT2D eigenvalue weighted by molar-refractivity contribution is -0.0879. The standard InChI is InChI=1S/C20H23FN2O5/c21-14-3-1-2-4-17(14)28-18-7-12-9-23(11-20(12,27)19(18)26)10-16(25)15-6-5-13(24)8-22-15/h1-6,8,12,16,18-19,24-27H,7,9-11H2/t12-,16-,18+,19+,20-/m0/s1. The minimum absolute atomic E-state index is 0.0185. The summed E-state index contributed by atoms with van der Waals surface area (Å²) in [6, 6.07) is 8.97. The number of benzene rings is 1. The Morgan fingerprint density at radius 1 is 1.29 bits per heavy atom. The summed E-state index contributed by atoms with van der Waals surface area (Å²) >= 11 is 0. The Labute approximate surface area is 161 Å². The SMILES string of the molecule is Oc1ccc([C@@H](O)CN2C[C@@H]3C[C@@H](Oc4ccccc4F)[C@@H](O)[C@]3(O)C2)nc1. The van der Waals surface area contributed by atoms with E-state index in [1.165, 1.54) is 24.4 Å². The molecular weight excluding hydrogens is 367 g/mol.